The summed E-state index contributed by atoms with van der Waals surface area (Å²) >= 11 is 0. The summed E-state index contributed by atoms with van der Waals surface area (Å²) in [6, 6.07) is 22.5. The SMILES string of the molecule is CCOc1ccc(S(=O)(=O)NCCn2c(-c3ccc(C)cc3)nc3ccccc32)cc1. The van der Waals surface area contributed by atoms with Gasteiger partial charge in [-0.3, -0.25) is 0 Å². The van der Waals surface area contributed by atoms with E-state index in [-0.39, 0.29) is 11.4 Å². The number of imidazole rings is 1. The van der Waals surface area contributed by atoms with E-state index in [9.17, 15) is 8.42 Å². The van der Waals surface area contributed by atoms with Crippen LogP contribution in [0.2, 0.25) is 0 Å². The number of nitrogens with one attached hydrogen (secondary N) is 1. The highest BCUT2D eigenvalue weighted by molar-refractivity contribution is 7.89. The van der Waals surface area contributed by atoms with Crippen molar-refractivity contribution in [2.75, 3.05) is 13.2 Å². The molecule has 0 aliphatic heterocycles. The van der Waals surface area contributed by atoms with Crippen molar-refractivity contribution in [2.24, 2.45) is 0 Å². The average Bonchev–Trinajstić information content (AvgIpc) is 3.13. The van der Waals surface area contributed by atoms with E-state index in [2.05, 4.69) is 9.29 Å². The van der Waals surface area contributed by atoms with Crippen LogP contribution >= 0.6 is 0 Å². The van der Waals surface area contributed by atoms with Crippen molar-refractivity contribution < 1.29 is 13.2 Å². The third-order valence-corrected chi connectivity index (χ3v) is 6.51. The molecule has 0 fully saturated rings. The van der Waals surface area contributed by atoms with E-state index in [1.807, 2.05) is 62.4 Å². The zero-order valence-electron chi connectivity index (χ0n) is 17.6. The maximum absolute atomic E-state index is 12.7. The van der Waals surface area contributed by atoms with Gasteiger partial charge in [0.05, 0.1) is 22.5 Å². The van der Waals surface area contributed by atoms with Crippen molar-refractivity contribution in [3.8, 4) is 17.1 Å². The molecule has 3 aromatic carbocycles. The van der Waals surface area contributed by atoms with Gasteiger partial charge in [0.15, 0.2) is 0 Å². The van der Waals surface area contributed by atoms with Crippen LogP contribution in [0.1, 0.15) is 12.5 Å². The topological polar surface area (TPSA) is 73.2 Å². The number of fused-ring (bicyclic) bond motifs is 1. The van der Waals surface area contributed by atoms with Crippen LogP contribution < -0.4 is 9.46 Å². The van der Waals surface area contributed by atoms with Crippen molar-refractivity contribution >= 4 is 21.1 Å². The number of ether oxygens (including phenoxy) is 1. The minimum absolute atomic E-state index is 0.213. The lowest BCUT2D eigenvalue weighted by Gasteiger charge is -2.12. The van der Waals surface area contributed by atoms with Crippen LogP contribution in [-0.4, -0.2) is 31.1 Å². The standard InChI is InChI=1S/C24H25N3O3S/c1-3-30-20-12-14-21(15-13-20)31(28,29)25-16-17-27-23-7-5-4-6-22(23)26-24(27)19-10-8-18(2)9-11-19/h4-15,25H,3,16-17H2,1-2H3. The van der Waals surface area contributed by atoms with E-state index < -0.39 is 10.0 Å². The summed E-state index contributed by atoms with van der Waals surface area (Å²) in [5.41, 5.74) is 4.02. The first-order chi connectivity index (χ1) is 15.0. The van der Waals surface area contributed by atoms with Gasteiger partial charge in [-0.05, 0) is 50.2 Å². The summed E-state index contributed by atoms with van der Waals surface area (Å²) in [6.07, 6.45) is 0. The normalized spacial score (nSPS) is 11.7. The highest BCUT2D eigenvalue weighted by atomic mass is 32.2. The molecule has 4 rings (SSSR count). The Bertz CT molecular complexity index is 1280. The highest BCUT2D eigenvalue weighted by Crippen LogP contribution is 2.25. The molecule has 6 nitrogen and oxygen atoms in total. The Labute approximate surface area is 182 Å². The molecule has 0 amide bonds. The number of aryl methyl sites for hydroxylation is 1. The molecular weight excluding hydrogens is 410 g/mol. The first kappa shape index (κ1) is 21.1. The fourth-order valence-electron chi connectivity index (χ4n) is 3.48. The van der Waals surface area contributed by atoms with Crippen molar-refractivity contribution in [3.63, 3.8) is 0 Å². The molecule has 7 heteroatoms. The Hall–Kier alpha value is -3.16. The van der Waals surface area contributed by atoms with Gasteiger partial charge in [-0.1, -0.05) is 42.0 Å². The van der Waals surface area contributed by atoms with Crippen LogP contribution in [0.15, 0.2) is 77.7 Å². The Morgan fingerprint density at radius 3 is 2.39 bits per heavy atom. The van der Waals surface area contributed by atoms with Gasteiger partial charge in [0.25, 0.3) is 0 Å². The second-order valence-corrected chi connectivity index (χ2v) is 9.01. The molecule has 0 aliphatic rings. The molecule has 0 radical (unpaired) electrons. The zero-order valence-corrected chi connectivity index (χ0v) is 18.4. The van der Waals surface area contributed by atoms with Gasteiger partial charge < -0.3 is 9.30 Å². The quantitative estimate of drug-likeness (QED) is 0.446. The number of para-hydroxylation sites is 2. The maximum atomic E-state index is 12.7. The van der Waals surface area contributed by atoms with Crippen molar-refractivity contribution in [2.45, 2.75) is 25.3 Å². The zero-order chi connectivity index (χ0) is 21.8. The van der Waals surface area contributed by atoms with E-state index in [1.165, 1.54) is 5.56 Å². The minimum Gasteiger partial charge on any atom is -0.494 e. The minimum atomic E-state index is -3.62. The molecule has 0 spiro atoms. The van der Waals surface area contributed by atoms with E-state index >= 15 is 0 Å². The average molecular weight is 436 g/mol. The van der Waals surface area contributed by atoms with Gasteiger partial charge in [0.1, 0.15) is 11.6 Å². The van der Waals surface area contributed by atoms with Crippen LogP contribution in [-0.2, 0) is 16.6 Å². The van der Waals surface area contributed by atoms with E-state index in [4.69, 9.17) is 9.72 Å². The second kappa shape index (κ2) is 8.91. The molecule has 0 unspecified atom stereocenters. The molecule has 0 bridgehead atoms. The summed E-state index contributed by atoms with van der Waals surface area (Å²) in [4.78, 5) is 5.00. The molecule has 1 aromatic heterocycles. The predicted molar refractivity (Wildman–Crippen MR) is 123 cm³/mol. The van der Waals surface area contributed by atoms with Gasteiger partial charge in [-0.15, -0.1) is 0 Å². The lowest BCUT2D eigenvalue weighted by atomic mass is 10.1. The summed E-state index contributed by atoms with van der Waals surface area (Å²) in [7, 11) is -3.62. The number of sulfonamides is 1. The third kappa shape index (κ3) is 4.62. The highest BCUT2D eigenvalue weighted by Gasteiger charge is 2.16. The van der Waals surface area contributed by atoms with E-state index in [0.717, 1.165) is 22.4 Å². The van der Waals surface area contributed by atoms with Crippen molar-refractivity contribution in [1.82, 2.24) is 14.3 Å². The van der Waals surface area contributed by atoms with Crippen molar-refractivity contribution in [1.29, 1.82) is 0 Å². The molecule has 0 saturated carbocycles. The molecular formula is C24H25N3O3S. The maximum Gasteiger partial charge on any atom is 0.240 e. The van der Waals surface area contributed by atoms with E-state index in [1.54, 1.807) is 24.3 Å². The van der Waals surface area contributed by atoms with Gasteiger partial charge in [0, 0.05) is 18.7 Å². The fraction of sp³-hybridized carbons (Fsp3) is 0.208. The Morgan fingerprint density at radius 2 is 1.68 bits per heavy atom. The summed E-state index contributed by atoms with van der Waals surface area (Å²) in [5.74, 6) is 1.47. The number of benzene rings is 3. The molecule has 31 heavy (non-hydrogen) atoms. The molecule has 160 valence electrons. The number of hydrogen-bond acceptors (Lipinski definition) is 4. The number of nitrogens with zero attached hydrogens (tertiary/aromatic N) is 2. The van der Waals surface area contributed by atoms with Crippen molar-refractivity contribution in [3.05, 3.63) is 78.4 Å². The molecule has 0 atom stereocenters. The lowest BCUT2D eigenvalue weighted by molar-refractivity contribution is 0.340. The van der Waals surface area contributed by atoms with E-state index in [0.29, 0.717) is 18.9 Å². The van der Waals surface area contributed by atoms with Crippen LogP contribution in [0, 0.1) is 6.92 Å². The first-order valence-electron chi connectivity index (χ1n) is 10.2. The van der Waals surface area contributed by atoms with Crippen LogP contribution in [0.25, 0.3) is 22.4 Å². The summed E-state index contributed by atoms with van der Waals surface area (Å²) < 4.78 is 35.6. The Kier molecular flexibility index (Phi) is 6.06. The van der Waals surface area contributed by atoms with Gasteiger partial charge in [-0.25, -0.2) is 18.1 Å². The number of hydrogen-bond donors (Lipinski definition) is 1. The number of aromatic nitrogens is 2. The summed E-state index contributed by atoms with van der Waals surface area (Å²) in [5, 5.41) is 0. The Morgan fingerprint density at radius 1 is 0.968 bits per heavy atom. The second-order valence-electron chi connectivity index (χ2n) is 7.24. The first-order valence-corrected chi connectivity index (χ1v) is 11.7. The molecule has 0 saturated heterocycles. The van der Waals surface area contributed by atoms with Gasteiger partial charge >= 0.3 is 0 Å². The smallest absolute Gasteiger partial charge is 0.240 e. The van der Waals surface area contributed by atoms with Crippen LogP contribution in [0.3, 0.4) is 0 Å². The largest absolute Gasteiger partial charge is 0.494 e. The Balaban J connectivity index is 1.56. The molecule has 4 aromatic rings. The lowest BCUT2D eigenvalue weighted by Crippen LogP contribution is -2.27. The molecule has 0 aliphatic carbocycles. The van der Waals surface area contributed by atoms with Crippen LogP contribution in [0.5, 0.6) is 5.75 Å². The molecule has 1 N–H and O–H groups in total. The number of rotatable bonds is 8. The fourth-order valence-corrected chi connectivity index (χ4v) is 4.50. The predicted octanol–water partition coefficient (Wildman–Crippen LogP) is 4.39. The third-order valence-electron chi connectivity index (χ3n) is 5.04. The van der Waals surface area contributed by atoms with Gasteiger partial charge in [0.2, 0.25) is 10.0 Å². The van der Waals surface area contributed by atoms with Crippen LogP contribution in [0.4, 0.5) is 0 Å². The monoisotopic (exact) mass is 435 g/mol. The molecule has 1 heterocycles. The van der Waals surface area contributed by atoms with Gasteiger partial charge in [-0.2, -0.15) is 0 Å². The summed E-state index contributed by atoms with van der Waals surface area (Å²) in [6.45, 7) is 5.17.